The van der Waals surface area contributed by atoms with Crippen molar-refractivity contribution < 1.29 is 4.39 Å². The van der Waals surface area contributed by atoms with Gasteiger partial charge in [0.1, 0.15) is 10.8 Å². The number of aromatic nitrogens is 1. The largest absolute Gasteiger partial charge is 0.376 e. The number of rotatable bonds is 3. The van der Waals surface area contributed by atoms with Crippen LogP contribution < -0.4 is 5.32 Å². The molecule has 0 radical (unpaired) electrons. The minimum atomic E-state index is -0.224. The number of anilines is 1. The lowest BCUT2D eigenvalue weighted by Crippen LogP contribution is -2.12. The summed E-state index contributed by atoms with van der Waals surface area (Å²) in [5, 5.41) is 6.16. The molecule has 0 saturated carbocycles. The fourth-order valence-corrected chi connectivity index (χ4v) is 2.64. The van der Waals surface area contributed by atoms with Crippen molar-refractivity contribution >= 4 is 17.0 Å². The van der Waals surface area contributed by atoms with Gasteiger partial charge in [0.25, 0.3) is 0 Å². The summed E-state index contributed by atoms with van der Waals surface area (Å²) in [6.07, 6.45) is 0. The van der Waals surface area contributed by atoms with E-state index in [-0.39, 0.29) is 11.2 Å². The van der Waals surface area contributed by atoms with Crippen LogP contribution >= 0.6 is 11.3 Å². The molecule has 2 aromatic rings. The van der Waals surface area contributed by atoms with Crippen LogP contribution in [0.3, 0.4) is 0 Å². The summed E-state index contributed by atoms with van der Waals surface area (Å²) in [4.78, 5) is 4.58. The third-order valence-electron chi connectivity index (χ3n) is 2.87. The van der Waals surface area contributed by atoms with Crippen LogP contribution in [0.5, 0.6) is 0 Å². The highest BCUT2D eigenvalue weighted by Gasteiger charge is 2.17. The van der Waals surface area contributed by atoms with Crippen molar-refractivity contribution in [2.45, 2.75) is 39.7 Å². The van der Waals surface area contributed by atoms with Gasteiger partial charge in [0.2, 0.25) is 0 Å². The Kier molecular flexibility index (Phi) is 3.90. The van der Waals surface area contributed by atoms with Crippen molar-refractivity contribution in [1.82, 2.24) is 4.98 Å². The molecular formula is C15H19FN2S. The number of nitrogens with zero attached hydrogens (tertiary/aromatic N) is 1. The molecule has 1 aromatic carbocycles. The Labute approximate surface area is 117 Å². The van der Waals surface area contributed by atoms with Gasteiger partial charge in [-0.05, 0) is 24.6 Å². The Morgan fingerprint density at radius 1 is 1.32 bits per heavy atom. The first-order chi connectivity index (χ1) is 8.86. The van der Waals surface area contributed by atoms with Crippen LogP contribution in [0, 0.1) is 12.7 Å². The smallest absolute Gasteiger partial charge is 0.146 e. The summed E-state index contributed by atoms with van der Waals surface area (Å²) in [7, 11) is 0. The molecule has 0 amide bonds. The van der Waals surface area contributed by atoms with Crippen LogP contribution in [0.15, 0.2) is 23.6 Å². The molecule has 0 atom stereocenters. The summed E-state index contributed by atoms with van der Waals surface area (Å²) < 4.78 is 13.6. The second-order valence-corrected chi connectivity index (χ2v) is 6.66. The van der Waals surface area contributed by atoms with Crippen molar-refractivity contribution in [3.8, 4) is 0 Å². The van der Waals surface area contributed by atoms with Crippen LogP contribution in [0.4, 0.5) is 10.1 Å². The van der Waals surface area contributed by atoms with Gasteiger partial charge in [-0.15, -0.1) is 11.3 Å². The van der Waals surface area contributed by atoms with Crippen molar-refractivity contribution in [2.24, 2.45) is 0 Å². The molecule has 0 unspecified atom stereocenters. The van der Waals surface area contributed by atoms with E-state index in [9.17, 15) is 4.39 Å². The second-order valence-electron chi connectivity index (χ2n) is 5.71. The van der Waals surface area contributed by atoms with Crippen molar-refractivity contribution in [3.63, 3.8) is 0 Å². The summed E-state index contributed by atoms with van der Waals surface area (Å²) in [5.41, 5.74) is 2.72. The van der Waals surface area contributed by atoms with Crippen molar-refractivity contribution in [3.05, 3.63) is 45.7 Å². The van der Waals surface area contributed by atoms with E-state index in [1.54, 1.807) is 17.4 Å². The lowest BCUT2D eigenvalue weighted by molar-refractivity contribution is 0.571. The van der Waals surface area contributed by atoms with Gasteiger partial charge < -0.3 is 5.32 Å². The number of thiazole rings is 1. The highest BCUT2D eigenvalue weighted by atomic mass is 32.1. The molecule has 0 saturated heterocycles. The zero-order chi connectivity index (χ0) is 14.0. The zero-order valence-electron chi connectivity index (χ0n) is 11.7. The van der Waals surface area contributed by atoms with E-state index in [1.165, 1.54) is 6.07 Å². The summed E-state index contributed by atoms with van der Waals surface area (Å²) >= 11 is 1.61. The maximum Gasteiger partial charge on any atom is 0.146 e. The number of aryl methyl sites for hydroxylation is 1. The van der Waals surface area contributed by atoms with Crippen LogP contribution in [-0.4, -0.2) is 4.98 Å². The Bertz CT molecular complexity index is 570. The highest BCUT2D eigenvalue weighted by Crippen LogP contribution is 2.24. The predicted octanol–water partition coefficient (Wildman–Crippen LogP) is 4.50. The van der Waals surface area contributed by atoms with Gasteiger partial charge in [-0.2, -0.15) is 0 Å². The molecule has 0 aliphatic carbocycles. The first-order valence-electron chi connectivity index (χ1n) is 6.31. The monoisotopic (exact) mass is 278 g/mol. The lowest BCUT2D eigenvalue weighted by atomic mass is 9.93. The molecule has 19 heavy (non-hydrogen) atoms. The van der Waals surface area contributed by atoms with E-state index in [0.29, 0.717) is 12.2 Å². The number of hydrogen-bond acceptors (Lipinski definition) is 3. The van der Waals surface area contributed by atoms with Crippen molar-refractivity contribution in [1.29, 1.82) is 0 Å². The molecule has 2 nitrogen and oxygen atoms in total. The summed E-state index contributed by atoms with van der Waals surface area (Å²) in [5.74, 6) is -0.224. The Hall–Kier alpha value is -1.42. The number of nitrogens with one attached hydrogen (secondary N) is 1. The summed E-state index contributed by atoms with van der Waals surface area (Å²) in [6, 6.07) is 5.06. The minimum absolute atomic E-state index is 0.0589. The normalized spacial score (nSPS) is 11.6. The molecule has 0 spiro atoms. The van der Waals surface area contributed by atoms with Gasteiger partial charge in [0.05, 0.1) is 17.9 Å². The molecular weight excluding hydrogens is 259 g/mol. The van der Waals surface area contributed by atoms with Gasteiger partial charge in [-0.25, -0.2) is 9.37 Å². The first-order valence-corrected chi connectivity index (χ1v) is 7.19. The Morgan fingerprint density at radius 3 is 2.68 bits per heavy atom. The fourth-order valence-electron chi connectivity index (χ4n) is 1.68. The molecule has 1 heterocycles. The second kappa shape index (κ2) is 5.29. The average molecular weight is 278 g/mol. The van der Waals surface area contributed by atoms with E-state index in [2.05, 4.69) is 36.5 Å². The number of halogens is 1. The fraction of sp³-hybridized carbons (Fsp3) is 0.400. The molecule has 4 heteroatoms. The van der Waals surface area contributed by atoms with Gasteiger partial charge >= 0.3 is 0 Å². The number of hydrogen-bond donors (Lipinski definition) is 1. The molecule has 1 aromatic heterocycles. The van der Waals surface area contributed by atoms with Crippen molar-refractivity contribution in [2.75, 3.05) is 5.32 Å². The maximum absolute atomic E-state index is 13.6. The minimum Gasteiger partial charge on any atom is -0.376 e. The van der Waals surface area contributed by atoms with E-state index < -0.39 is 0 Å². The molecule has 0 bridgehead atoms. The van der Waals surface area contributed by atoms with E-state index in [1.807, 2.05) is 13.0 Å². The third-order valence-corrected chi connectivity index (χ3v) is 3.72. The first kappa shape index (κ1) is 14.0. The Balaban J connectivity index is 2.06. The highest BCUT2D eigenvalue weighted by molar-refractivity contribution is 7.09. The average Bonchev–Trinajstić information content (AvgIpc) is 2.79. The van der Waals surface area contributed by atoms with Crippen LogP contribution in [0.25, 0.3) is 0 Å². The SMILES string of the molecule is Cc1ccc(F)c(NCc2nc(C(C)(C)C)cs2)c1. The lowest BCUT2D eigenvalue weighted by Gasteiger charge is -2.14. The molecule has 0 aliphatic heterocycles. The van der Waals surface area contributed by atoms with E-state index in [4.69, 9.17) is 0 Å². The quantitative estimate of drug-likeness (QED) is 0.894. The molecule has 2 rings (SSSR count). The van der Waals surface area contributed by atoms with E-state index in [0.717, 1.165) is 16.3 Å². The van der Waals surface area contributed by atoms with Gasteiger partial charge in [-0.3, -0.25) is 0 Å². The number of benzene rings is 1. The molecule has 1 N–H and O–H groups in total. The zero-order valence-corrected chi connectivity index (χ0v) is 12.6. The maximum atomic E-state index is 13.6. The van der Waals surface area contributed by atoms with Gasteiger partial charge in [0, 0.05) is 10.8 Å². The Morgan fingerprint density at radius 2 is 2.05 bits per heavy atom. The van der Waals surface area contributed by atoms with Crippen LogP contribution in [0.2, 0.25) is 0 Å². The summed E-state index contributed by atoms with van der Waals surface area (Å²) in [6.45, 7) is 8.92. The third kappa shape index (κ3) is 3.53. The molecule has 0 aliphatic rings. The molecule has 102 valence electrons. The standard InChI is InChI=1S/C15H19FN2S/c1-10-5-6-11(16)12(7-10)17-8-14-18-13(9-19-14)15(2,3)4/h5-7,9,17H,8H2,1-4H3. The van der Waals surface area contributed by atoms with Crippen LogP contribution in [0.1, 0.15) is 37.0 Å². The predicted molar refractivity (Wildman–Crippen MR) is 79.3 cm³/mol. The van der Waals surface area contributed by atoms with Gasteiger partial charge in [0.15, 0.2) is 0 Å². The van der Waals surface area contributed by atoms with Crippen LogP contribution in [-0.2, 0) is 12.0 Å². The van der Waals surface area contributed by atoms with E-state index >= 15 is 0 Å². The topological polar surface area (TPSA) is 24.9 Å². The molecule has 0 fully saturated rings. The van der Waals surface area contributed by atoms with Gasteiger partial charge in [-0.1, -0.05) is 26.8 Å².